The van der Waals surface area contributed by atoms with Crippen LogP contribution in [0.25, 0.3) is 0 Å². The van der Waals surface area contributed by atoms with Crippen LogP contribution in [0.3, 0.4) is 0 Å². The number of hydrogen-bond donors (Lipinski definition) is 1. The molecule has 1 fully saturated rings. The average molecular weight is 372 g/mol. The molecule has 2 amide bonds. The molecule has 1 unspecified atom stereocenters. The van der Waals surface area contributed by atoms with Gasteiger partial charge in [0.15, 0.2) is 17.5 Å². The van der Waals surface area contributed by atoms with Gasteiger partial charge in [-0.2, -0.15) is 0 Å². The molecule has 1 aliphatic rings. The zero-order chi connectivity index (χ0) is 19.5. The van der Waals surface area contributed by atoms with Gasteiger partial charge in [-0.25, -0.2) is 18.0 Å². The van der Waals surface area contributed by atoms with Crippen LogP contribution in [0.4, 0.5) is 18.0 Å². The van der Waals surface area contributed by atoms with E-state index in [0.717, 1.165) is 12.8 Å². The van der Waals surface area contributed by atoms with Crippen LogP contribution in [0, 0.1) is 23.4 Å². The monoisotopic (exact) mass is 372 g/mol. The van der Waals surface area contributed by atoms with Gasteiger partial charge < -0.3 is 15.0 Å². The van der Waals surface area contributed by atoms with Crippen LogP contribution in [0.15, 0.2) is 12.1 Å². The fourth-order valence-electron chi connectivity index (χ4n) is 2.75. The van der Waals surface area contributed by atoms with E-state index in [4.69, 9.17) is 4.74 Å². The molecule has 0 spiro atoms. The number of amides is 2. The Hall–Kier alpha value is -2.25. The minimum Gasteiger partial charge on any atom is -0.444 e. The van der Waals surface area contributed by atoms with E-state index in [2.05, 4.69) is 5.32 Å². The van der Waals surface area contributed by atoms with E-state index in [-0.39, 0.29) is 18.0 Å². The maximum atomic E-state index is 13.2. The lowest BCUT2D eigenvalue weighted by Crippen LogP contribution is -2.45. The van der Waals surface area contributed by atoms with Gasteiger partial charge in [-0.15, -0.1) is 0 Å². The van der Waals surface area contributed by atoms with Crippen molar-refractivity contribution in [2.45, 2.75) is 39.2 Å². The number of likely N-dealkylation sites (tertiary alicyclic amines) is 1. The number of nitrogens with zero attached hydrogens (tertiary/aromatic N) is 1. The third kappa shape index (κ3) is 5.37. The van der Waals surface area contributed by atoms with E-state index in [1.807, 2.05) is 0 Å². The number of halogens is 3. The highest BCUT2D eigenvalue weighted by Crippen LogP contribution is 2.19. The highest BCUT2D eigenvalue weighted by Gasteiger charge is 2.28. The van der Waals surface area contributed by atoms with Gasteiger partial charge in [-0.3, -0.25) is 4.79 Å². The maximum absolute atomic E-state index is 13.2. The first-order chi connectivity index (χ1) is 12.1. The van der Waals surface area contributed by atoms with Crippen LogP contribution in [0.5, 0.6) is 0 Å². The summed E-state index contributed by atoms with van der Waals surface area (Å²) in [6.07, 6.45) is 1.15. The molecular formula is C18H23F3N2O3. The topological polar surface area (TPSA) is 58.6 Å². The third-order valence-electron chi connectivity index (χ3n) is 3.97. The Kier molecular flexibility index (Phi) is 6.15. The number of ether oxygens (including phenoxy) is 1. The molecule has 1 atom stereocenters. The Labute approximate surface area is 150 Å². The molecule has 1 saturated heterocycles. The normalized spacial score (nSPS) is 17.8. The summed E-state index contributed by atoms with van der Waals surface area (Å²) in [6, 6.07) is 1.31. The molecule has 0 radical (unpaired) electrons. The van der Waals surface area contributed by atoms with E-state index >= 15 is 0 Å². The zero-order valence-electron chi connectivity index (χ0n) is 15.1. The molecule has 0 aliphatic carbocycles. The maximum Gasteiger partial charge on any atom is 0.410 e. The quantitative estimate of drug-likeness (QED) is 0.827. The van der Waals surface area contributed by atoms with Crippen LogP contribution < -0.4 is 5.32 Å². The summed E-state index contributed by atoms with van der Waals surface area (Å²) < 4.78 is 44.7. The number of carbonyl (C=O) groups excluding carboxylic acids is 2. The Balaban J connectivity index is 1.91. The van der Waals surface area contributed by atoms with Gasteiger partial charge in [0.05, 0.1) is 0 Å². The first-order valence-corrected chi connectivity index (χ1v) is 8.47. The Morgan fingerprint density at radius 2 is 1.85 bits per heavy atom. The molecule has 1 aromatic rings. The number of carbonyl (C=O) groups is 2. The van der Waals surface area contributed by atoms with E-state index in [1.54, 1.807) is 25.7 Å². The Morgan fingerprint density at radius 3 is 2.42 bits per heavy atom. The minimum atomic E-state index is -1.61. The summed E-state index contributed by atoms with van der Waals surface area (Å²) in [7, 11) is 0. The molecule has 1 aliphatic heterocycles. The minimum absolute atomic E-state index is 0.00430. The lowest BCUT2D eigenvalue weighted by atomic mass is 9.98. The highest BCUT2D eigenvalue weighted by atomic mass is 19.2. The van der Waals surface area contributed by atoms with E-state index < -0.39 is 35.1 Å². The summed E-state index contributed by atoms with van der Waals surface area (Å²) in [5.41, 5.74) is -0.879. The Morgan fingerprint density at radius 1 is 1.23 bits per heavy atom. The summed E-state index contributed by atoms with van der Waals surface area (Å²) >= 11 is 0. The van der Waals surface area contributed by atoms with Crippen molar-refractivity contribution in [1.82, 2.24) is 10.2 Å². The molecule has 0 bridgehead atoms. The van der Waals surface area contributed by atoms with E-state index in [0.29, 0.717) is 25.2 Å². The second-order valence-electron chi connectivity index (χ2n) is 7.40. The van der Waals surface area contributed by atoms with Crippen LogP contribution >= 0.6 is 0 Å². The van der Waals surface area contributed by atoms with Crippen molar-refractivity contribution in [2.75, 3.05) is 19.6 Å². The van der Waals surface area contributed by atoms with Gasteiger partial charge in [-0.05, 0) is 51.7 Å². The van der Waals surface area contributed by atoms with Gasteiger partial charge in [0, 0.05) is 25.2 Å². The van der Waals surface area contributed by atoms with Crippen molar-refractivity contribution in [2.24, 2.45) is 5.92 Å². The number of benzene rings is 1. The van der Waals surface area contributed by atoms with Crippen LogP contribution in [0.1, 0.15) is 44.0 Å². The second kappa shape index (κ2) is 7.97. The predicted molar refractivity (Wildman–Crippen MR) is 89.2 cm³/mol. The molecule has 144 valence electrons. The van der Waals surface area contributed by atoms with E-state index in [9.17, 15) is 22.8 Å². The second-order valence-corrected chi connectivity index (χ2v) is 7.40. The van der Waals surface area contributed by atoms with Gasteiger partial charge >= 0.3 is 6.09 Å². The van der Waals surface area contributed by atoms with Crippen molar-refractivity contribution in [3.05, 3.63) is 35.1 Å². The van der Waals surface area contributed by atoms with Gasteiger partial charge in [-0.1, -0.05) is 0 Å². The first kappa shape index (κ1) is 20.1. The summed E-state index contributed by atoms with van der Waals surface area (Å²) in [6.45, 7) is 6.59. The lowest BCUT2D eigenvalue weighted by molar-refractivity contribution is 0.0167. The first-order valence-electron chi connectivity index (χ1n) is 8.47. The molecular weight excluding hydrogens is 349 g/mol. The molecule has 1 heterocycles. The van der Waals surface area contributed by atoms with Gasteiger partial charge in [0.1, 0.15) is 5.60 Å². The van der Waals surface area contributed by atoms with E-state index in [1.165, 1.54) is 0 Å². The van der Waals surface area contributed by atoms with Crippen molar-refractivity contribution < 1.29 is 27.5 Å². The zero-order valence-corrected chi connectivity index (χ0v) is 15.1. The fourth-order valence-corrected chi connectivity index (χ4v) is 2.75. The third-order valence-corrected chi connectivity index (χ3v) is 3.97. The Bertz CT molecular complexity index is 666. The number of rotatable bonds is 3. The standard InChI is InChI=1S/C18H23F3N2O3/c1-18(2,3)26-17(25)23-6-4-5-11(10-23)9-22-16(24)12-7-13(19)15(21)14(20)8-12/h7-8,11H,4-6,9-10H2,1-3H3,(H,22,24). The van der Waals surface area contributed by atoms with Crippen LogP contribution in [-0.4, -0.2) is 42.1 Å². The van der Waals surface area contributed by atoms with Crippen molar-refractivity contribution >= 4 is 12.0 Å². The highest BCUT2D eigenvalue weighted by molar-refractivity contribution is 5.94. The van der Waals surface area contributed by atoms with Crippen LogP contribution in [-0.2, 0) is 4.74 Å². The summed E-state index contributed by atoms with van der Waals surface area (Å²) in [5.74, 6) is -5.14. The number of hydrogen-bond acceptors (Lipinski definition) is 3. The van der Waals surface area contributed by atoms with Crippen molar-refractivity contribution in [3.8, 4) is 0 Å². The largest absolute Gasteiger partial charge is 0.444 e. The average Bonchev–Trinajstić information content (AvgIpc) is 2.55. The van der Waals surface area contributed by atoms with Gasteiger partial charge in [0.2, 0.25) is 0 Å². The SMILES string of the molecule is CC(C)(C)OC(=O)N1CCCC(CNC(=O)c2cc(F)c(F)c(F)c2)C1. The fraction of sp³-hybridized carbons (Fsp3) is 0.556. The molecule has 0 saturated carbocycles. The molecule has 1 aromatic carbocycles. The summed E-state index contributed by atoms with van der Waals surface area (Å²) in [4.78, 5) is 25.7. The van der Waals surface area contributed by atoms with Gasteiger partial charge in [0.25, 0.3) is 5.91 Å². The van der Waals surface area contributed by atoms with Crippen LogP contribution in [0.2, 0.25) is 0 Å². The molecule has 0 aromatic heterocycles. The molecule has 5 nitrogen and oxygen atoms in total. The molecule has 2 rings (SSSR count). The number of nitrogens with one attached hydrogen (secondary N) is 1. The molecule has 8 heteroatoms. The summed E-state index contributed by atoms with van der Waals surface area (Å²) in [5, 5.41) is 2.58. The molecule has 26 heavy (non-hydrogen) atoms. The van der Waals surface area contributed by atoms with Crippen molar-refractivity contribution in [1.29, 1.82) is 0 Å². The number of piperidine rings is 1. The smallest absolute Gasteiger partial charge is 0.410 e. The van der Waals surface area contributed by atoms with Crippen molar-refractivity contribution in [3.63, 3.8) is 0 Å². The molecule has 1 N–H and O–H groups in total. The lowest BCUT2D eigenvalue weighted by Gasteiger charge is -2.34. The predicted octanol–water partition coefficient (Wildman–Crippen LogP) is 3.48.